The Bertz CT molecular complexity index is 335. The summed E-state index contributed by atoms with van der Waals surface area (Å²) in [5.74, 6) is 1.13. The first-order valence-corrected chi connectivity index (χ1v) is 9.69. The normalized spacial score (nSPS) is 26.6. The fraction of sp³-hybridized carbons (Fsp3) is 0.938. The summed E-state index contributed by atoms with van der Waals surface area (Å²) in [5.41, 5.74) is 0. The first-order valence-electron chi connectivity index (χ1n) is 8.64. The summed E-state index contributed by atoms with van der Waals surface area (Å²) < 4.78 is 5.35. The number of hydrogen-bond acceptors (Lipinski definition) is 4. The lowest BCUT2D eigenvalue weighted by molar-refractivity contribution is 0.0356. The SMILES string of the molecule is CCS[C@H]1CCCC[C@H]1NC(=O)N(C)CCN1CCOCC1. The van der Waals surface area contributed by atoms with Crippen molar-refractivity contribution in [1.29, 1.82) is 0 Å². The van der Waals surface area contributed by atoms with E-state index in [1.807, 2.05) is 23.7 Å². The van der Waals surface area contributed by atoms with Crippen molar-refractivity contribution in [1.82, 2.24) is 15.1 Å². The van der Waals surface area contributed by atoms with Crippen molar-refractivity contribution in [2.24, 2.45) is 0 Å². The molecule has 128 valence electrons. The molecule has 1 aliphatic carbocycles. The third-order valence-electron chi connectivity index (χ3n) is 4.59. The minimum absolute atomic E-state index is 0.0851. The minimum atomic E-state index is 0.0851. The van der Waals surface area contributed by atoms with Crippen molar-refractivity contribution in [3.8, 4) is 0 Å². The topological polar surface area (TPSA) is 44.8 Å². The van der Waals surface area contributed by atoms with Gasteiger partial charge in [0, 0.05) is 44.5 Å². The third kappa shape index (κ3) is 5.63. The largest absolute Gasteiger partial charge is 0.379 e. The number of rotatable bonds is 6. The van der Waals surface area contributed by atoms with Crippen molar-refractivity contribution in [2.45, 2.75) is 43.9 Å². The van der Waals surface area contributed by atoms with Crippen LogP contribution in [0.1, 0.15) is 32.6 Å². The van der Waals surface area contributed by atoms with Crippen molar-refractivity contribution in [2.75, 3.05) is 52.2 Å². The molecule has 0 aromatic carbocycles. The highest BCUT2D eigenvalue weighted by Crippen LogP contribution is 2.28. The molecule has 5 nitrogen and oxygen atoms in total. The van der Waals surface area contributed by atoms with Crippen LogP contribution in [0.4, 0.5) is 4.79 Å². The standard InChI is InChI=1S/C16H31N3O2S/c1-3-22-15-7-5-4-6-14(15)17-16(20)18(2)8-9-19-10-12-21-13-11-19/h14-15H,3-13H2,1-2H3,(H,17,20)/t14-,15+/m1/s1. The predicted molar refractivity (Wildman–Crippen MR) is 92.6 cm³/mol. The smallest absolute Gasteiger partial charge is 0.317 e. The number of nitrogens with zero attached hydrogens (tertiary/aromatic N) is 2. The quantitative estimate of drug-likeness (QED) is 0.810. The zero-order valence-electron chi connectivity index (χ0n) is 14.1. The lowest BCUT2D eigenvalue weighted by atomic mass is 9.95. The van der Waals surface area contributed by atoms with E-state index in [0.717, 1.165) is 51.6 Å². The number of ether oxygens (including phenoxy) is 1. The Hall–Kier alpha value is -0.460. The molecule has 0 aromatic heterocycles. The molecule has 0 unspecified atom stereocenters. The number of thioether (sulfide) groups is 1. The molecule has 1 heterocycles. The summed E-state index contributed by atoms with van der Waals surface area (Å²) in [5, 5.41) is 3.86. The van der Waals surface area contributed by atoms with Gasteiger partial charge in [-0.05, 0) is 18.6 Å². The van der Waals surface area contributed by atoms with Gasteiger partial charge in [-0.3, -0.25) is 4.90 Å². The Kier molecular flexibility index (Phi) is 7.83. The van der Waals surface area contributed by atoms with Gasteiger partial charge in [-0.1, -0.05) is 19.8 Å². The second-order valence-corrected chi connectivity index (χ2v) is 7.73. The molecular weight excluding hydrogens is 298 g/mol. The molecule has 1 saturated carbocycles. The maximum absolute atomic E-state index is 12.4. The highest BCUT2D eigenvalue weighted by molar-refractivity contribution is 7.99. The first kappa shape index (κ1) is 17.9. The van der Waals surface area contributed by atoms with Crippen LogP contribution in [-0.2, 0) is 4.74 Å². The number of morpholine rings is 1. The van der Waals surface area contributed by atoms with Gasteiger partial charge in [0.05, 0.1) is 13.2 Å². The van der Waals surface area contributed by atoms with E-state index in [-0.39, 0.29) is 6.03 Å². The molecule has 1 saturated heterocycles. The van der Waals surface area contributed by atoms with E-state index in [0.29, 0.717) is 11.3 Å². The molecule has 2 atom stereocenters. The maximum Gasteiger partial charge on any atom is 0.317 e. The monoisotopic (exact) mass is 329 g/mol. The zero-order chi connectivity index (χ0) is 15.8. The van der Waals surface area contributed by atoms with E-state index in [2.05, 4.69) is 17.1 Å². The lowest BCUT2D eigenvalue weighted by Crippen LogP contribution is -2.50. The Balaban J connectivity index is 1.72. The summed E-state index contributed by atoms with van der Waals surface area (Å²) in [7, 11) is 1.90. The van der Waals surface area contributed by atoms with Crippen molar-refractivity contribution in [3.63, 3.8) is 0 Å². The molecule has 0 radical (unpaired) electrons. The van der Waals surface area contributed by atoms with Crippen LogP contribution in [0.5, 0.6) is 0 Å². The van der Waals surface area contributed by atoms with Crippen LogP contribution in [0.15, 0.2) is 0 Å². The summed E-state index contributed by atoms with van der Waals surface area (Å²) in [6, 6.07) is 0.430. The summed E-state index contributed by atoms with van der Waals surface area (Å²) in [4.78, 5) is 16.6. The van der Waals surface area contributed by atoms with Gasteiger partial charge >= 0.3 is 6.03 Å². The van der Waals surface area contributed by atoms with Crippen LogP contribution in [0.2, 0.25) is 0 Å². The zero-order valence-corrected chi connectivity index (χ0v) is 14.9. The van der Waals surface area contributed by atoms with Gasteiger partial charge in [-0.2, -0.15) is 11.8 Å². The van der Waals surface area contributed by atoms with E-state index in [4.69, 9.17) is 4.74 Å². The van der Waals surface area contributed by atoms with E-state index in [9.17, 15) is 4.79 Å². The van der Waals surface area contributed by atoms with Crippen LogP contribution < -0.4 is 5.32 Å². The maximum atomic E-state index is 12.4. The van der Waals surface area contributed by atoms with Gasteiger partial charge in [0.2, 0.25) is 0 Å². The number of carbonyl (C=O) groups is 1. The number of likely N-dealkylation sites (N-methyl/N-ethyl adjacent to an activating group) is 1. The summed E-state index contributed by atoms with van der Waals surface area (Å²) in [6.45, 7) is 7.50. The summed E-state index contributed by atoms with van der Waals surface area (Å²) in [6.07, 6.45) is 4.90. The highest BCUT2D eigenvalue weighted by Gasteiger charge is 2.27. The Labute approximate surface area is 139 Å². The van der Waals surface area contributed by atoms with Gasteiger partial charge in [0.1, 0.15) is 0 Å². The second-order valence-electron chi connectivity index (χ2n) is 6.21. The number of amides is 2. The van der Waals surface area contributed by atoms with Crippen LogP contribution in [0.3, 0.4) is 0 Å². The molecule has 1 N–H and O–H groups in total. The molecule has 2 aliphatic rings. The van der Waals surface area contributed by atoms with Crippen LogP contribution >= 0.6 is 11.8 Å². The second kappa shape index (κ2) is 9.63. The van der Waals surface area contributed by atoms with Gasteiger partial charge in [0.15, 0.2) is 0 Å². The molecule has 0 bridgehead atoms. The first-order chi connectivity index (χ1) is 10.7. The molecule has 2 rings (SSSR count). The number of urea groups is 1. The average Bonchev–Trinajstić information content (AvgIpc) is 2.55. The van der Waals surface area contributed by atoms with E-state index in [1.54, 1.807) is 0 Å². The van der Waals surface area contributed by atoms with Crippen LogP contribution in [0.25, 0.3) is 0 Å². The van der Waals surface area contributed by atoms with Crippen molar-refractivity contribution in [3.05, 3.63) is 0 Å². The number of nitrogens with one attached hydrogen (secondary N) is 1. The Morgan fingerprint density at radius 2 is 2.05 bits per heavy atom. The number of hydrogen-bond donors (Lipinski definition) is 1. The Morgan fingerprint density at radius 1 is 1.32 bits per heavy atom. The highest BCUT2D eigenvalue weighted by atomic mass is 32.2. The van der Waals surface area contributed by atoms with Gasteiger partial charge < -0.3 is 15.0 Å². The van der Waals surface area contributed by atoms with E-state index < -0.39 is 0 Å². The fourth-order valence-corrected chi connectivity index (χ4v) is 4.36. The molecule has 6 heteroatoms. The predicted octanol–water partition coefficient (Wildman–Crippen LogP) is 2.02. The van der Waals surface area contributed by atoms with Crippen molar-refractivity contribution < 1.29 is 9.53 Å². The average molecular weight is 330 g/mol. The third-order valence-corrected chi connectivity index (χ3v) is 5.92. The Morgan fingerprint density at radius 3 is 2.77 bits per heavy atom. The molecule has 1 aliphatic heterocycles. The molecule has 22 heavy (non-hydrogen) atoms. The van der Waals surface area contributed by atoms with Gasteiger partial charge in [0.25, 0.3) is 0 Å². The van der Waals surface area contributed by atoms with Crippen LogP contribution in [-0.4, -0.2) is 79.3 Å². The van der Waals surface area contributed by atoms with Crippen LogP contribution in [0, 0.1) is 0 Å². The molecular formula is C16H31N3O2S. The minimum Gasteiger partial charge on any atom is -0.379 e. The number of carbonyl (C=O) groups excluding carboxylic acids is 1. The molecule has 0 aromatic rings. The van der Waals surface area contributed by atoms with E-state index >= 15 is 0 Å². The van der Waals surface area contributed by atoms with Crippen molar-refractivity contribution >= 4 is 17.8 Å². The fourth-order valence-electron chi connectivity index (χ4n) is 3.16. The van der Waals surface area contributed by atoms with E-state index in [1.165, 1.54) is 19.3 Å². The summed E-state index contributed by atoms with van der Waals surface area (Å²) >= 11 is 1.99. The lowest BCUT2D eigenvalue weighted by Gasteiger charge is -2.33. The molecule has 2 fully saturated rings. The van der Waals surface area contributed by atoms with Gasteiger partial charge in [-0.25, -0.2) is 4.79 Å². The van der Waals surface area contributed by atoms with Gasteiger partial charge in [-0.15, -0.1) is 0 Å². The molecule has 2 amide bonds. The molecule has 0 spiro atoms.